The first-order valence-corrected chi connectivity index (χ1v) is 6.66. The Balaban J connectivity index is 1.86. The molecule has 1 amide bonds. The second-order valence-corrected chi connectivity index (χ2v) is 5.60. The van der Waals surface area contributed by atoms with Crippen LogP contribution in [0.1, 0.15) is 39.0 Å². The number of hydrogen-bond donors (Lipinski definition) is 2. The van der Waals surface area contributed by atoms with Gasteiger partial charge in [-0.15, -0.1) is 0 Å². The maximum Gasteiger partial charge on any atom is 0.307 e. The van der Waals surface area contributed by atoms with Crippen LogP contribution in [-0.4, -0.2) is 35.7 Å². The maximum absolute atomic E-state index is 12.0. The fourth-order valence-corrected chi connectivity index (χ4v) is 2.95. The van der Waals surface area contributed by atoms with E-state index < -0.39 is 11.9 Å². The van der Waals surface area contributed by atoms with Gasteiger partial charge in [-0.3, -0.25) is 9.59 Å². The van der Waals surface area contributed by atoms with Crippen molar-refractivity contribution in [1.29, 1.82) is 0 Å². The monoisotopic (exact) mass is 255 g/mol. The number of carbonyl (C=O) groups excluding carboxylic acids is 1. The molecule has 1 saturated heterocycles. The standard InChI is InChI=1S/C13H21NO4/c1-13(6-3-7-18-13)8-14-11(15)9-4-2-5-10(9)12(16)17/h9-10H,2-8H2,1H3,(H,14,15)(H,16,17)/t9-,10+,13?/m1/s1. The Morgan fingerprint density at radius 2 is 2.06 bits per heavy atom. The highest BCUT2D eigenvalue weighted by Gasteiger charge is 2.38. The van der Waals surface area contributed by atoms with Gasteiger partial charge in [0.25, 0.3) is 0 Å². The number of aliphatic carboxylic acids is 1. The molecule has 1 aliphatic heterocycles. The van der Waals surface area contributed by atoms with Crippen molar-refractivity contribution in [2.45, 2.75) is 44.6 Å². The number of nitrogens with one attached hydrogen (secondary N) is 1. The summed E-state index contributed by atoms with van der Waals surface area (Å²) < 4.78 is 5.60. The van der Waals surface area contributed by atoms with Crippen LogP contribution in [-0.2, 0) is 14.3 Å². The van der Waals surface area contributed by atoms with Gasteiger partial charge in [0.2, 0.25) is 5.91 Å². The molecule has 0 aromatic rings. The van der Waals surface area contributed by atoms with Gasteiger partial charge in [-0.1, -0.05) is 6.42 Å². The largest absolute Gasteiger partial charge is 0.481 e. The van der Waals surface area contributed by atoms with Crippen LogP contribution < -0.4 is 5.32 Å². The predicted octanol–water partition coefficient (Wildman–Crippen LogP) is 1.17. The Kier molecular flexibility index (Phi) is 3.90. The zero-order chi connectivity index (χ0) is 13.2. The lowest BCUT2D eigenvalue weighted by Crippen LogP contribution is -2.43. The van der Waals surface area contributed by atoms with E-state index in [1.165, 1.54) is 0 Å². The first kappa shape index (κ1) is 13.3. The van der Waals surface area contributed by atoms with E-state index in [9.17, 15) is 9.59 Å². The molecule has 5 nitrogen and oxygen atoms in total. The van der Waals surface area contributed by atoms with E-state index in [4.69, 9.17) is 9.84 Å². The van der Waals surface area contributed by atoms with Crippen molar-refractivity contribution in [1.82, 2.24) is 5.32 Å². The fraction of sp³-hybridized carbons (Fsp3) is 0.846. The van der Waals surface area contributed by atoms with Crippen LogP contribution in [0.3, 0.4) is 0 Å². The molecule has 3 atom stereocenters. The fourth-order valence-electron chi connectivity index (χ4n) is 2.95. The third-order valence-corrected chi connectivity index (χ3v) is 4.11. The molecule has 0 radical (unpaired) electrons. The van der Waals surface area contributed by atoms with Crippen LogP contribution >= 0.6 is 0 Å². The summed E-state index contributed by atoms with van der Waals surface area (Å²) in [6.07, 6.45) is 4.08. The average molecular weight is 255 g/mol. The smallest absolute Gasteiger partial charge is 0.307 e. The summed E-state index contributed by atoms with van der Waals surface area (Å²) in [7, 11) is 0. The van der Waals surface area contributed by atoms with Crippen molar-refractivity contribution >= 4 is 11.9 Å². The van der Waals surface area contributed by atoms with Gasteiger partial charge >= 0.3 is 5.97 Å². The highest BCUT2D eigenvalue weighted by atomic mass is 16.5. The third kappa shape index (κ3) is 2.83. The van der Waals surface area contributed by atoms with Crippen LogP contribution in [0.4, 0.5) is 0 Å². The minimum Gasteiger partial charge on any atom is -0.481 e. The van der Waals surface area contributed by atoms with Crippen molar-refractivity contribution in [2.75, 3.05) is 13.2 Å². The molecule has 0 spiro atoms. The molecule has 1 saturated carbocycles. The minimum absolute atomic E-state index is 0.128. The van der Waals surface area contributed by atoms with Crippen molar-refractivity contribution in [3.05, 3.63) is 0 Å². The number of ether oxygens (including phenoxy) is 1. The summed E-state index contributed by atoms with van der Waals surface area (Å²) in [6.45, 7) is 3.21. The topological polar surface area (TPSA) is 75.6 Å². The lowest BCUT2D eigenvalue weighted by molar-refractivity contribution is -0.146. The van der Waals surface area contributed by atoms with E-state index >= 15 is 0 Å². The SMILES string of the molecule is CC1(CNC(=O)[C@@H]2CCC[C@@H]2C(=O)O)CCCO1. The zero-order valence-corrected chi connectivity index (χ0v) is 10.8. The van der Waals surface area contributed by atoms with Crippen LogP contribution in [0.2, 0.25) is 0 Å². The van der Waals surface area contributed by atoms with Crippen molar-refractivity contribution in [2.24, 2.45) is 11.8 Å². The second-order valence-electron chi connectivity index (χ2n) is 5.60. The summed E-state index contributed by atoms with van der Waals surface area (Å²) >= 11 is 0. The highest BCUT2D eigenvalue weighted by Crippen LogP contribution is 2.32. The van der Waals surface area contributed by atoms with E-state index in [0.717, 1.165) is 25.9 Å². The normalized spacial score (nSPS) is 35.6. The Hall–Kier alpha value is -1.10. The predicted molar refractivity (Wildman–Crippen MR) is 65.1 cm³/mol. The molecule has 2 N–H and O–H groups in total. The Labute approximate surface area is 107 Å². The molecule has 1 aliphatic carbocycles. The molecule has 5 heteroatoms. The van der Waals surface area contributed by atoms with Crippen LogP contribution in [0.5, 0.6) is 0 Å². The van der Waals surface area contributed by atoms with Gasteiger partial charge in [-0.2, -0.15) is 0 Å². The average Bonchev–Trinajstić information content (AvgIpc) is 2.95. The lowest BCUT2D eigenvalue weighted by Gasteiger charge is -2.25. The number of carboxylic acids is 1. The van der Waals surface area contributed by atoms with Gasteiger partial charge in [0.1, 0.15) is 0 Å². The molecule has 0 bridgehead atoms. The molecule has 2 aliphatic rings. The first-order chi connectivity index (χ1) is 8.52. The summed E-state index contributed by atoms with van der Waals surface area (Å²) in [5, 5.41) is 11.9. The van der Waals surface area contributed by atoms with E-state index in [2.05, 4.69) is 5.32 Å². The van der Waals surface area contributed by atoms with Crippen LogP contribution in [0.25, 0.3) is 0 Å². The van der Waals surface area contributed by atoms with Gasteiger partial charge in [0.05, 0.1) is 17.4 Å². The van der Waals surface area contributed by atoms with Crippen molar-refractivity contribution in [3.8, 4) is 0 Å². The third-order valence-electron chi connectivity index (χ3n) is 4.11. The maximum atomic E-state index is 12.0. The molecule has 0 aromatic carbocycles. The molecular weight excluding hydrogens is 234 g/mol. The Morgan fingerprint density at radius 1 is 1.33 bits per heavy atom. The van der Waals surface area contributed by atoms with E-state index in [1.807, 2.05) is 6.92 Å². The van der Waals surface area contributed by atoms with Crippen LogP contribution in [0.15, 0.2) is 0 Å². The molecule has 2 fully saturated rings. The number of hydrogen-bond acceptors (Lipinski definition) is 3. The molecule has 18 heavy (non-hydrogen) atoms. The second kappa shape index (κ2) is 5.26. The number of rotatable bonds is 4. The number of amides is 1. The Morgan fingerprint density at radius 3 is 2.67 bits per heavy atom. The van der Waals surface area contributed by atoms with Gasteiger partial charge < -0.3 is 15.2 Å². The first-order valence-electron chi connectivity index (χ1n) is 6.66. The number of carbonyl (C=O) groups is 2. The van der Waals surface area contributed by atoms with E-state index in [0.29, 0.717) is 19.4 Å². The molecule has 1 unspecified atom stereocenters. The molecule has 2 rings (SSSR count). The van der Waals surface area contributed by atoms with Gasteiger partial charge in [-0.25, -0.2) is 0 Å². The summed E-state index contributed by atoms with van der Waals surface area (Å²) in [4.78, 5) is 23.1. The highest BCUT2D eigenvalue weighted by molar-refractivity contribution is 5.85. The molecule has 0 aromatic heterocycles. The summed E-state index contributed by atoms with van der Waals surface area (Å²) in [6, 6.07) is 0. The molecule has 102 valence electrons. The summed E-state index contributed by atoms with van der Waals surface area (Å²) in [5.74, 6) is -1.86. The summed E-state index contributed by atoms with van der Waals surface area (Å²) in [5.41, 5.74) is -0.271. The van der Waals surface area contributed by atoms with Crippen molar-refractivity contribution in [3.63, 3.8) is 0 Å². The molecule has 1 heterocycles. The molecular formula is C13H21NO4. The zero-order valence-electron chi connectivity index (χ0n) is 10.8. The van der Waals surface area contributed by atoms with Gasteiger partial charge in [-0.05, 0) is 32.6 Å². The number of carboxylic acid groups (broad SMARTS) is 1. The van der Waals surface area contributed by atoms with Gasteiger partial charge in [0.15, 0.2) is 0 Å². The van der Waals surface area contributed by atoms with E-state index in [-0.39, 0.29) is 17.4 Å². The lowest BCUT2D eigenvalue weighted by atomic mass is 9.94. The minimum atomic E-state index is -0.851. The van der Waals surface area contributed by atoms with Crippen molar-refractivity contribution < 1.29 is 19.4 Å². The Bertz CT molecular complexity index is 336. The quantitative estimate of drug-likeness (QED) is 0.790. The van der Waals surface area contributed by atoms with Crippen LogP contribution in [0, 0.1) is 11.8 Å². The van der Waals surface area contributed by atoms with E-state index in [1.54, 1.807) is 0 Å². The van der Waals surface area contributed by atoms with Gasteiger partial charge in [0, 0.05) is 13.2 Å².